The van der Waals surface area contributed by atoms with E-state index in [1.54, 1.807) is 0 Å². The van der Waals surface area contributed by atoms with Gasteiger partial charge < -0.3 is 15.5 Å². The van der Waals surface area contributed by atoms with E-state index in [0.717, 1.165) is 51.4 Å². The van der Waals surface area contributed by atoms with Crippen LogP contribution < -0.4 is 5.32 Å². The van der Waals surface area contributed by atoms with Crippen LogP contribution in [0.1, 0.15) is 194 Å². The average molecular weight is 644 g/mol. The molecular formula is C42H77NO3. The minimum atomic E-state index is -0.656. The molecule has 3 N–H and O–H groups in total. The molecule has 4 heteroatoms. The quantitative estimate of drug-likeness (QED) is 0.0475. The van der Waals surface area contributed by atoms with Crippen molar-refractivity contribution in [3.05, 3.63) is 48.6 Å². The largest absolute Gasteiger partial charge is 0.394 e. The van der Waals surface area contributed by atoms with Crippen LogP contribution in [0.5, 0.6) is 0 Å². The van der Waals surface area contributed by atoms with Gasteiger partial charge in [0, 0.05) is 6.42 Å². The number of nitrogens with one attached hydrogen (secondary N) is 1. The van der Waals surface area contributed by atoms with Gasteiger partial charge in [0.25, 0.3) is 0 Å². The summed E-state index contributed by atoms with van der Waals surface area (Å²) in [6, 6.07) is -0.533. The van der Waals surface area contributed by atoms with Crippen molar-refractivity contribution in [2.75, 3.05) is 6.61 Å². The summed E-state index contributed by atoms with van der Waals surface area (Å²) in [5.41, 5.74) is 0. The third kappa shape index (κ3) is 33.7. The molecule has 0 aliphatic carbocycles. The number of allylic oxidation sites excluding steroid dienone is 8. The number of carbonyl (C=O) groups excluding carboxylic acids is 1. The molecular weight excluding hydrogens is 566 g/mol. The van der Waals surface area contributed by atoms with Gasteiger partial charge in [-0.2, -0.15) is 0 Å². The number of unbranched alkanes of at least 4 members (excludes halogenated alkanes) is 20. The fraction of sp³-hybridized carbons (Fsp3) is 0.786. The van der Waals surface area contributed by atoms with Crippen molar-refractivity contribution in [2.24, 2.45) is 0 Å². The lowest BCUT2D eigenvalue weighted by Crippen LogP contribution is -2.45. The SMILES string of the molecule is CC/C=C\C/C=C\C/C=C\C/C=C\CCCCCCCCCCCCCCCCC(=O)NC(CO)C(O)CCCCCCCCC. The number of carbonyl (C=O) groups is 1. The van der Waals surface area contributed by atoms with Crippen LogP contribution in [-0.4, -0.2) is 34.9 Å². The molecule has 46 heavy (non-hydrogen) atoms. The van der Waals surface area contributed by atoms with E-state index in [4.69, 9.17) is 0 Å². The molecule has 2 unspecified atom stereocenters. The Morgan fingerprint density at radius 2 is 0.957 bits per heavy atom. The molecule has 0 radical (unpaired) electrons. The highest BCUT2D eigenvalue weighted by Gasteiger charge is 2.19. The summed E-state index contributed by atoms with van der Waals surface area (Å²) >= 11 is 0. The highest BCUT2D eigenvalue weighted by atomic mass is 16.3. The van der Waals surface area contributed by atoms with Gasteiger partial charge in [-0.05, 0) is 51.4 Å². The molecule has 0 bridgehead atoms. The summed E-state index contributed by atoms with van der Waals surface area (Å²) in [7, 11) is 0. The Labute approximate surface area is 286 Å². The van der Waals surface area contributed by atoms with Crippen LogP contribution in [0.4, 0.5) is 0 Å². The second kappa shape index (κ2) is 37.8. The molecule has 0 heterocycles. The zero-order valence-electron chi connectivity index (χ0n) is 30.6. The van der Waals surface area contributed by atoms with Gasteiger partial charge >= 0.3 is 0 Å². The van der Waals surface area contributed by atoms with Gasteiger partial charge in [0.05, 0.1) is 18.8 Å². The van der Waals surface area contributed by atoms with Crippen LogP contribution in [0, 0.1) is 0 Å². The second-order valence-electron chi connectivity index (χ2n) is 13.3. The number of aliphatic hydroxyl groups excluding tert-OH is 2. The van der Waals surface area contributed by atoms with E-state index in [-0.39, 0.29) is 12.5 Å². The van der Waals surface area contributed by atoms with Gasteiger partial charge in [-0.3, -0.25) is 4.79 Å². The van der Waals surface area contributed by atoms with E-state index < -0.39 is 12.1 Å². The molecule has 0 aliphatic rings. The zero-order chi connectivity index (χ0) is 33.6. The lowest BCUT2D eigenvalue weighted by atomic mass is 10.0. The molecule has 0 aromatic rings. The first-order chi connectivity index (χ1) is 22.7. The number of amides is 1. The number of rotatable bonds is 35. The normalized spacial score (nSPS) is 13.6. The summed E-state index contributed by atoms with van der Waals surface area (Å²) in [4.78, 5) is 12.3. The molecule has 0 spiro atoms. The molecule has 0 fully saturated rings. The minimum Gasteiger partial charge on any atom is -0.394 e. The standard InChI is InChI=1S/C42H77NO3/c1-3-5-7-9-11-12-13-14-15-16-17-18-19-20-21-22-23-24-25-26-27-28-29-30-32-34-36-38-42(46)43-40(39-44)41(45)37-35-33-31-10-8-6-4-2/h5,7,11-12,14-15,17-18,40-41,44-45H,3-4,6,8-10,13,16,19-39H2,1-2H3,(H,43,46)/b7-5-,12-11-,15-14-,18-17-. The maximum Gasteiger partial charge on any atom is 0.220 e. The van der Waals surface area contributed by atoms with Gasteiger partial charge in [-0.1, -0.05) is 184 Å². The Morgan fingerprint density at radius 1 is 0.543 bits per heavy atom. The fourth-order valence-electron chi connectivity index (χ4n) is 5.82. The molecule has 1 amide bonds. The second-order valence-corrected chi connectivity index (χ2v) is 13.3. The summed E-state index contributed by atoms with van der Waals surface area (Å²) in [6.45, 7) is 4.19. The predicted molar refractivity (Wildman–Crippen MR) is 202 cm³/mol. The van der Waals surface area contributed by atoms with E-state index in [0.29, 0.717) is 12.8 Å². The molecule has 4 nitrogen and oxygen atoms in total. The number of aliphatic hydroxyl groups is 2. The van der Waals surface area contributed by atoms with Crippen LogP contribution in [0.15, 0.2) is 48.6 Å². The fourth-order valence-corrected chi connectivity index (χ4v) is 5.82. The van der Waals surface area contributed by atoms with E-state index in [9.17, 15) is 15.0 Å². The van der Waals surface area contributed by atoms with E-state index in [2.05, 4.69) is 67.8 Å². The minimum absolute atomic E-state index is 0.0384. The molecule has 0 saturated heterocycles. The first kappa shape index (κ1) is 44.4. The van der Waals surface area contributed by atoms with Crippen molar-refractivity contribution in [2.45, 2.75) is 206 Å². The average Bonchev–Trinajstić information content (AvgIpc) is 3.06. The summed E-state index contributed by atoms with van der Waals surface area (Å²) in [5.74, 6) is -0.0384. The molecule has 2 atom stereocenters. The lowest BCUT2D eigenvalue weighted by Gasteiger charge is -2.22. The Bertz CT molecular complexity index is 741. The molecule has 0 saturated carbocycles. The Morgan fingerprint density at radius 3 is 1.43 bits per heavy atom. The summed E-state index contributed by atoms with van der Waals surface area (Å²) < 4.78 is 0. The Balaban J connectivity index is 3.46. The van der Waals surface area contributed by atoms with E-state index in [1.165, 1.54) is 116 Å². The topological polar surface area (TPSA) is 69.6 Å². The number of hydrogen-bond acceptors (Lipinski definition) is 3. The summed E-state index contributed by atoms with van der Waals surface area (Å²) in [6.07, 6.45) is 50.5. The van der Waals surface area contributed by atoms with Crippen molar-refractivity contribution >= 4 is 5.91 Å². The molecule has 0 aromatic carbocycles. The molecule has 0 aromatic heterocycles. The third-order valence-electron chi connectivity index (χ3n) is 8.85. The first-order valence-corrected chi connectivity index (χ1v) is 19.8. The van der Waals surface area contributed by atoms with Crippen molar-refractivity contribution in [1.82, 2.24) is 5.32 Å². The van der Waals surface area contributed by atoms with Crippen LogP contribution in [0.2, 0.25) is 0 Å². The maximum atomic E-state index is 12.3. The van der Waals surface area contributed by atoms with E-state index >= 15 is 0 Å². The molecule has 0 aliphatic heterocycles. The van der Waals surface area contributed by atoms with E-state index in [1.807, 2.05) is 0 Å². The number of hydrogen-bond donors (Lipinski definition) is 3. The van der Waals surface area contributed by atoms with Crippen LogP contribution in [-0.2, 0) is 4.79 Å². The Kier molecular flexibility index (Phi) is 36.4. The van der Waals surface area contributed by atoms with Gasteiger partial charge in [0.1, 0.15) is 0 Å². The van der Waals surface area contributed by atoms with Crippen molar-refractivity contribution in [1.29, 1.82) is 0 Å². The van der Waals surface area contributed by atoms with Crippen LogP contribution in [0.3, 0.4) is 0 Å². The highest BCUT2D eigenvalue weighted by molar-refractivity contribution is 5.76. The lowest BCUT2D eigenvalue weighted by molar-refractivity contribution is -0.123. The van der Waals surface area contributed by atoms with Gasteiger partial charge in [-0.15, -0.1) is 0 Å². The molecule has 0 rings (SSSR count). The highest BCUT2D eigenvalue weighted by Crippen LogP contribution is 2.15. The third-order valence-corrected chi connectivity index (χ3v) is 8.85. The van der Waals surface area contributed by atoms with Crippen molar-refractivity contribution in [3.63, 3.8) is 0 Å². The van der Waals surface area contributed by atoms with Gasteiger partial charge in [0.15, 0.2) is 0 Å². The monoisotopic (exact) mass is 644 g/mol. The van der Waals surface area contributed by atoms with Gasteiger partial charge in [-0.25, -0.2) is 0 Å². The van der Waals surface area contributed by atoms with Crippen LogP contribution >= 0.6 is 0 Å². The van der Waals surface area contributed by atoms with Crippen molar-refractivity contribution in [3.8, 4) is 0 Å². The predicted octanol–water partition coefficient (Wildman–Crippen LogP) is 12.0. The summed E-state index contributed by atoms with van der Waals surface area (Å²) in [5, 5.41) is 22.9. The molecule has 268 valence electrons. The Hall–Kier alpha value is -1.65. The smallest absolute Gasteiger partial charge is 0.220 e. The maximum absolute atomic E-state index is 12.3. The van der Waals surface area contributed by atoms with Crippen molar-refractivity contribution < 1.29 is 15.0 Å². The first-order valence-electron chi connectivity index (χ1n) is 19.8. The zero-order valence-corrected chi connectivity index (χ0v) is 30.6. The van der Waals surface area contributed by atoms with Crippen LogP contribution in [0.25, 0.3) is 0 Å². The van der Waals surface area contributed by atoms with Gasteiger partial charge in [0.2, 0.25) is 5.91 Å².